The summed E-state index contributed by atoms with van der Waals surface area (Å²) in [6.07, 6.45) is 0.711. The van der Waals surface area contributed by atoms with Gasteiger partial charge in [-0.15, -0.1) is 0 Å². The zero-order valence-electron chi connectivity index (χ0n) is 12.1. The Bertz CT molecular complexity index is 716. The van der Waals surface area contributed by atoms with Crippen LogP contribution in [0.5, 0.6) is 0 Å². The first-order valence-corrected chi connectivity index (χ1v) is 6.22. The van der Waals surface area contributed by atoms with Gasteiger partial charge in [0.05, 0.1) is 12.6 Å². The van der Waals surface area contributed by atoms with Gasteiger partial charge in [0, 0.05) is 17.6 Å². The summed E-state index contributed by atoms with van der Waals surface area (Å²) in [5.74, 6) is -1.66. The number of esters is 1. The molecule has 2 aromatic rings. The van der Waals surface area contributed by atoms with Gasteiger partial charge in [-0.3, -0.25) is 4.57 Å². The summed E-state index contributed by atoms with van der Waals surface area (Å²) in [5.41, 5.74) is -0.826. The minimum atomic E-state index is -0.831. The highest BCUT2D eigenvalue weighted by atomic mass is 19.1. The Hall–Kier alpha value is -2.44. The first-order chi connectivity index (χ1) is 9.73. The zero-order chi connectivity index (χ0) is 15.8. The topological polar surface area (TPSA) is 70.4 Å². The normalized spacial score (nSPS) is 11.5. The van der Waals surface area contributed by atoms with Crippen molar-refractivity contribution in [3.05, 3.63) is 30.0 Å². The van der Waals surface area contributed by atoms with E-state index in [0.717, 1.165) is 17.7 Å². The molecule has 0 aromatic carbocycles. The van der Waals surface area contributed by atoms with Gasteiger partial charge in [-0.05, 0) is 26.8 Å². The summed E-state index contributed by atoms with van der Waals surface area (Å²) >= 11 is 0. The molecule has 2 heterocycles. The summed E-state index contributed by atoms with van der Waals surface area (Å²) in [7, 11) is 1.15. The van der Waals surface area contributed by atoms with Gasteiger partial charge >= 0.3 is 12.1 Å². The predicted molar refractivity (Wildman–Crippen MR) is 72.7 cm³/mol. The quantitative estimate of drug-likeness (QED) is 0.597. The lowest BCUT2D eigenvalue weighted by Gasteiger charge is -2.20. The number of fused-ring (bicyclic) bond motifs is 1. The second kappa shape index (κ2) is 5.16. The van der Waals surface area contributed by atoms with Gasteiger partial charge in [-0.2, -0.15) is 4.39 Å². The van der Waals surface area contributed by atoms with E-state index in [1.165, 1.54) is 12.3 Å². The van der Waals surface area contributed by atoms with Crippen LogP contribution in [0.1, 0.15) is 31.3 Å². The summed E-state index contributed by atoms with van der Waals surface area (Å²) in [6, 6.07) is 2.62. The third-order valence-corrected chi connectivity index (χ3v) is 2.60. The van der Waals surface area contributed by atoms with Crippen LogP contribution in [0.3, 0.4) is 0 Å². The van der Waals surface area contributed by atoms with Gasteiger partial charge < -0.3 is 9.47 Å². The minimum Gasteiger partial charge on any atom is -0.464 e. The standard InChI is InChI=1S/C14H15FN2O4/c1-14(2,3)21-13(19)17-6-5-8-7-9(15)16-10(11(8)17)12(18)20-4/h5-7H,1-4H3. The maximum atomic E-state index is 13.4. The Balaban J connectivity index is 2.61. The molecule has 0 saturated carbocycles. The van der Waals surface area contributed by atoms with E-state index in [0.29, 0.717) is 5.39 Å². The monoisotopic (exact) mass is 294 g/mol. The first-order valence-electron chi connectivity index (χ1n) is 6.22. The maximum absolute atomic E-state index is 13.4. The molecular weight excluding hydrogens is 279 g/mol. The molecule has 7 heteroatoms. The Morgan fingerprint density at radius 1 is 1.33 bits per heavy atom. The van der Waals surface area contributed by atoms with Crippen LogP contribution in [0.2, 0.25) is 0 Å². The molecule has 0 spiro atoms. The number of carbonyl (C=O) groups is 2. The van der Waals surface area contributed by atoms with Crippen molar-refractivity contribution in [3.63, 3.8) is 0 Å². The third kappa shape index (κ3) is 3.01. The Morgan fingerprint density at radius 3 is 2.57 bits per heavy atom. The number of rotatable bonds is 1. The van der Waals surface area contributed by atoms with Gasteiger partial charge in [0.25, 0.3) is 0 Å². The molecular formula is C14H15FN2O4. The highest BCUT2D eigenvalue weighted by molar-refractivity contribution is 6.04. The van der Waals surface area contributed by atoms with E-state index in [1.807, 2.05) is 0 Å². The number of nitrogens with zero attached hydrogens (tertiary/aromatic N) is 2. The molecule has 0 aliphatic carbocycles. The average molecular weight is 294 g/mol. The van der Waals surface area contributed by atoms with Gasteiger partial charge in [0.15, 0.2) is 5.69 Å². The fourth-order valence-electron chi connectivity index (χ4n) is 1.84. The van der Waals surface area contributed by atoms with Crippen LogP contribution < -0.4 is 0 Å². The third-order valence-electron chi connectivity index (χ3n) is 2.60. The van der Waals surface area contributed by atoms with E-state index in [1.54, 1.807) is 20.8 Å². The van der Waals surface area contributed by atoms with Crippen molar-refractivity contribution in [2.24, 2.45) is 0 Å². The molecule has 0 radical (unpaired) electrons. The molecule has 21 heavy (non-hydrogen) atoms. The van der Waals surface area contributed by atoms with Crippen molar-refractivity contribution in [1.82, 2.24) is 9.55 Å². The van der Waals surface area contributed by atoms with Crippen molar-refractivity contribution in [2.45, 2.75) is 26.4 Å². The smallest absolute Gasteiger partial charge is 0.419 e. The van der Waals surface area contributed by atoms with Gasteiger partial charge in [-0.1, -0.05) is 0 Å². The molecule has 0 amide bonds. The summed E-state index contributed by atoms with van der Waals surface area (Å²) in [6.45, 7) is 5.15. The molecule has 0 N–H and O–H groups in total. The van der Waals surface area contributed by atoms with E-state index >= 15 is 0 Å². The summed E-state index contributed by atoms with van der Waals surface area (Å²) in [4.78, 5) is 27.4. The number of carbonyl (C=O) groups excluding carboxylic acids is 2. The lowest BCUT2D eigenvalue weighted by Crippen LogP contribution is -2.27. The lowest BCUT2D eigenvalue weighted by atomic mass is 10.2. The first kappa shape index (κ1) is 15.0. The molecule has 2 rings (SSSR count). The second-order valence-corrected chi connectivity index (χ2v) is 5.39. The molecule has 0 bridgehead atoms. The number of methoxy groups -OCH3 is 1. The molecule has 2 aromatic heterocycles. The van der Waals surface area contributed by atoms with Crippen LogP contribution in [0.25, 0.3) is 10.9 Å². The zero-order valence-corrected chi connectivity index (χ0v) is 12.1. The maximum Gasteiger partial charge on any atom is 0.419 e. The number of hydrogen-bond donors (Lipinski definition) is 0. The van der Waals surface area contributed by atoms with Crippen LogP contribution in [-0.4, -0.2) is 34.3 Å². The number of ether oxygens (including phenoxy) is 2. The highest BCUT2D eigenvalue weighted by Crippen LogP contribution is 2.22. The molecule has 6 nitrogen and oxygen atoms in total. The molecule has 112 valence electrons. The van der Waals surface area contributed by atoms with Gasteiger partial charge in [0.2, 0.25) is 5.95 Å². The number of hydrogen-bond acceptors (Lipinski definition) is 5. The highest BCUT2D eigenvalue weighted by Gasteiger charge is 2.23. The Labute approximate surface area is 120 Å². The van der Waals surface area contributed by atoms with E-state index in [4.69, 9.17) is 4.74 Å². The molecule has 0 unspecified atom stereocenters. The molecule has 0 aliphatic rings. The van der Waals surface area contributed by atoms with Gasteiger partial charge in [-0.25, -0.2) is 14.6 Å². The predicted octanol–water partition coefficient (Wildman–Crippen LogP) is 2.75. The molecule has 0 atom stereocenters. The van der Waals surface area contributed by atoms with Crippen molar-refractivity contribution in [3.8, 4) is 0 Å². The number of pyridine rings is 1. The van der Waals surface area contributed by atoms with E-state index in [-0.39, 0.29) is 11.2 Å². The number of halogens is 1. The lowest BCUT2D eigenvalue weighted by molar-refractivity contribution is 0.0544. The average Bonchev–Trinajstić information content (AvgIpc) is 2.78. The van der Waals surface area contributed by atoms with Crippen LogP contribution >= 0.6 is 0 Å². The summed E-state index contributed by atoms with van der Waals surface area (Å²) in [5, 5.41) is 0.355. The molecule has 0 aliphatic heterocycles. The Morgan fingerprint density at radius 2 is 2.00 bits per heavy atom. The second-order valence-electron chi connectivity index (χ2n) is 5.39. The van der Waals surface area contributed by atoms with Crippen molar-refractivity contribution in [1.29, 1.82) is 0 Å². The SMILES string of the molecule is COC(=O)c1nc(F)cc2ccn(C(=O)OC(C)(C)C)c12. The van der Waals surface area contributed by atoms with Crippen molar-refractivity contribution >= 4 is 23.0 Å². The fourth-order valence-corrected chi connectivity index (χ4v) is 1.84. The minimum absolute atomic E-state index is 0.150. The summed E-state index contributed by atoms with van der Waals surface area (Å²) < 4.78 is 24.4. The van der Waals surface area contributed by atoms with E-state index in [2.05, 4.69) is 9.72 Å². The van der Waals surface area contributed by atoms with Crippen LogP contribution in [0, 0.1) is 5.95 Å². The van der Waals surface area contributed by atoms with Crippen LogP contribution in [0.4, 0.5) is 9.18 Å². The van der Waals surface area contributed by atoms with Crippen molar-refractivity contribution in [2.75, 3.05) is 7.11 Å². The van der Waals surface area contributed by atoms with Crippen LogP contribution in [-0.2, 0) is 9.47 Å². The molecule has 0 saturated heterocycles. The Kier molecular flexibility index (Phi) is 3.67. The van der Waals surface area contributed by atoms with E-state index < -0.39 is 23.6 Å². The largest absolute Gasteiger partial charge is 0.464 e. The van der Waals surface area contributed by atoms with Crippen molar-refractivity contribution < 1.29 is 23.5 Å². The van der Waals surface area contributed by atoms with E-state index in [9.17, 15) is 14.0 Å². The molecule has 0 fully saturated rings. The van der Waals surface area contributed by atoms with Gasteiger partial charge in [0.1, 0.15) is 5.60 Å². The fraction of sp³-hybridized carbons (Fsp3) is 0.357. The van der Waals surface area contributed by atoms with Crippen LogP contribution in [0.15, 0.2) is 18.3 Å². The number of aromatic nitrogens is 2.